The maximum atomic E-state index is 5.18. The predicted octanol–water partition coefficient (Wildman–Crippen LogP) is 11.9. The summed E-state index contributed by atoms with van der Waals surface area (Å²) in [6.07, 6.45) is 0. The van der Waals surface area contributed by atoms with Crippen LogP contribution in [0.4, 0.5) is 0 Å². The predicted molar refractivity (Wildman–Crippen MR) is 220 cm³/mol. The molecule has 11 aromatic rings. The summed E-state index contributed by atoms with van der Waals surface area (Å²) in [5.41, 5.74) is 19.3. The highest BCUT2D eigenvalue weighted by Gasteiger charge is 2.51. The van der Waals surface area contributed by atoms with Gasteiger partial charge in [0.15, 0.2) is 0 Å². The lowest BCUT2D eigenvalue weighted by atomic mass is 9.70. The highest BCUT2D eigenvalue weighted by atomic mass is 15.2. The van der Waals surface area contributed by atoms with Crippen molar-refractivity contribution in [1.29, 1.82) is 0 Å². The summed E-state index contributed by atoms with van der Waals surface area (Å²) >= 11 is 0. The minimum atomic E-state index is -0.361. The van der Waals surface area contributed by atoms with Gasteiger partial charge in [-0.05, 0) is 99.1 Å². The van der Waals surface area contributed by atoms with Crippen LogP contribution in [0.3, 0.4) is 0 Å². The molecule has 3 heterocycles. The van der Waals surface area contributed by atoms with Crippen molar-refractivity contribution in [2.24, 2.45) is 0 Å². The summed E-state index contributed by atoms with van der Waals surface area (Å²) in [5, 5.41) is 2.47. The molecule has 0 unspecified atom stereocenters. The number of hydrogen-bond acceptors (Lipinski definition) is 1. The maximum absolute atomic E-state index is 5.18. The van der Waals surface area contributed by atoms with Gasteiger partial charge in [0.1, 0.15) is 0 Å². The maximum Gasteiger partial charge on any atom is 0.220 e. The average Bonchev–Trinajstić information content (AvgIpc) is 4.01. The summed E-state index contributed by atoms with van der Waals surface area (Å²) in [4.78, 5) is 5.18. The van der Waals surface area contributed by atoms with Gasteiger partial charge in [-0.3, -0.25) is 8.97 Å². The van der Waals surface area contributed by atoms with Crippen molar-refractivity contribution in [2.45, 2.75) is 5.41 Å². The van der Waals surface area contributed by atoms with Crippen LogP contribution in [0.15, 0.2) is 182 Å². The molecule has 8 aromatic carbocycles. The first kappa shape index (κ1) is 28.4. The van der Waals surface area contributed by atoms with Crippen LogP contribution in [0.5, 0.6) is 0 Å². The monoisotopic (exact) mass is 686 g/mol. The van der Waals surface area contributed by atoms with Crippen LogP contribution in [-0.4, -0.2) is 18.5 Å². The van der Waals surface area contributed by atoms with E-state index in [1.165, 1.54) is 66.3 Å². The van der Waals surface area contributed by atoms with E-state index in [-0.39, 0.29) is 5.41 Å². The van der Waals surface area contributed by atoms with Gasteiger partial charge in [0.25, 0.3) is 0 Å². The number of nitrogens with zero attached hydrogens (tertiary/aromatic N) is 4. The molecule has 1 spiro atoms. The smallest absolute Gasteiger partial charge is 0.220 e. The highest BCUT2D eigenvalue weighted by molar-refractivity contribution is 6.10. The zero-order valence-corrected chi connectivity index (χ0v) is 29.1. The molecule has 2 aliphatic carbocycles. The SMILES string of the molecule is c1ccc2c(c1)-c1ccccc1C21c2ccccc2-c2cc(-n3c4ccccc4c4ccc(-n5c6ccccc6n6c7ccccc7nc56)cc43)ccc21. The normalized spacial score (nSPS) is 13.7. The second-order valence-corrected chi connectivity index (χ2v) is 14.7. The molecule has 250 valence electrons. The van der Waals surface area contributed by atoms with E-state index in [9.17, 15) is 0 Å². The van der Waals surface area contributed by atoms with E-state index in [0.29, 0.717) is 0 Å². The van der Waals surface area contributed by atoms with Gasteiger partial charge in [-0.25, -0.2) is 4.98 Å². The molecule has 2 aliphatic rings. The molecule has 0 amide bonds. The number of imidazole rings is 2. The van der Waals surface area contributed by atoms with E-state index in [2.05, 4.69) is 196 Å². The zero-order valence-electron chi connectivity index (χ0n) is 29.1. The van der Waals surface area contributed by atoms with Crippen molar-refractivity contribution in [3.05, 3.63) is 204 Å². The summed E-state index contributed by atoms with van der Waals surface area (Å²) in [6, 6.07) is 67.0. The first-order valence-corrected chi connectivity index (χ1v) is 18.6. The van der Waals surface area contributed by atoms with Crippen LogP contribution in [0.25, 0.3) is 83.3 Å². The van der Waals surface area contributed by atoms with Gasteiger partial charge in [0, 0.05) is 16.5 Å². The Bertz CT molecular complexity index is 3360. The lowest BCUT2D eigenvalue weighted by Crippen LogP contribution is -2.25. The van der Waals surface area contributed by atoms with Crippen molar-refractivity contribution in [1.82, 2.24) is 18.5 Å². The number of benzene rings is 8. The molecule has 0 radical (unpaired) electrons. The van der Waals surface area contributed by atoms with Crippen LogP contribution in [0.1, 0.15) is 22.3 Å². The van der Waals surface area contributed by atoms with Gasteiger partial charge in [0.2, 0.25) is 5.78 Å². The molecular formula is C50H30N4. The van der Waals surface area contributed by atoms with Gasteiger partial charge in [-0.1, -0.05) is 127 Å². The fraction of sp³-hybridized carbons (Fsp3) is 0.0200. The van der Waals surface area contributed by atoms with Gasteiger partial charge in [-0.15, -0.1) is 0 Å². The van der Waals surface area contributed by atoms with Crippen LogP contribution in [0.2, 0.25) is 0 Å². The topological polar surface area (TPSA) is 27.2 Å². The molecule has 0 aliphatic heterocycles. The van der Waals surface area contributed by atoms with Crippen LogP contribution in [0, 0.1) is 0 Å². The van der Waals surface area contributed by atoms with Gasteiger partial charge >= 0.3 is 0 Å². The molecule has 3 aromatic heterocycles. The molecule has 4 heteroatoms. The molecule has 0 saturated carbocycles. The summed E-state index contributed by atoms with van der Waals surface area (Å²) < 4.78 is 7.06. The Balaban J connectivity index is 1.09. The van der Waals surface area contributed by atoms with Crippen molar-refractivity contribution in [2.75, 3.05) is 0 Å². The molecule has 0 N–H and O–H groups in total. The Labute approximate surface area is 310 Å². The molecule has 0 saturated heterocycles. The van der Waals surface area contributed by atoms with Gasteiger partial charge in [0.05, 0.1) is 44.2 Å². The Morgan fingerprint density at radius 3 is 1.61 bits per heavy atom. The van der Waals surface area contributed by atoms with Crippen LogP contribution >= 0.6 is 0 Å². The molecule has 0 atom stereocenters. The molecule has 13 rings (SSSR count). The molecular weight excluding hydrogens is 657 g/mol. The summed E-state index contributed by atoms with van der Waals surface area (Å²) in [6.45, 7) is 0. The van der Waals surface area contributed by atoms with Crippen molar-refractivity contribution >= 4 is 49.7 Å². The Hall–Kier alpha value is -7.17. The van der Waals surface area contributed by atoms with Crippen molar-refractivity contribution in [3.8, 4) is 33.6 Å². The third-order valence-electron chi connectivity index (χ3n) is 12.3. The van der Waals surface area contributed by atoms with E-state index in [4.69, 9.17) is 4.98 Å². The van der Waals surface area contributed by atoms with Crippen molar-refractivity contribution < 1.29 is 0 Å². The Morgan fingerprint density at radius 2 is 0.870 bits per heavy atom. The Kier molecular flexibility index (Phi) is 5.28. The number of para-hydroxylation sites is 5. The first-order chi connectivity index (χ1) is 26.8. The van der Waals surface area contributed by atoms with Gasteiger partial charge in [-0.2, -0.15) is 0 Å². The fourth-order valence-electron chi connectivity index (χ4n) is 10.2. The number of aromatic nitrogens is 4. The quantitative estimate of drug-likeness (QED) is 0.178. The number of fused-ring (bicyclic) bond motifs is 18. The third-order valence-corrected chi connectivity index (χ3v) is 12.3. The van der Waals surface area contributed by atoms with Crippen LogP contribution < -0.4 is 0 Å². The third kappa shape index (κ3) is 3.33. The summed E-state index contributed by atoms with van der Waals surface area (Å²) in [5.74, 6) is 0.913. The lowest BCUT2D eigenvalue weighted by molar-refractivity contribution is 0.793. The second-order valence-electron chi connectivity index (χ2n) is 14.7. The number of hydrogen-bond donors (Lipinski definition) is 0. The molecule has 4 nitrogen and oxygen atoms in total. The highest BCUT2D eigenvalue weighted by Crippen LogP contribution is 2.62. The minimum Gasteiger partial charge on any atom is -0.309 e. The molecule has 0 bridgehead atoms. The van der Waals surface area contributed by atoms with Gasteiger partial charge < -0.3 is 4.57 Å². The molecule has 54 heavy (non-hydrogen) atoms. The lowest BCUT2D eigenvalue weighted by Gasteiger charge is -2.30. The van der Waals surface area contributed by atoms with E-state index in [1.54, 1.807) is 0 Å². The van der Waals surface area contributed by atoms with E-state index >= 15 is 0 Å². The molecule has 0 fully saturated rings. The standard InChI is InChI=1S/C50H30N4/c1-5-17-39-33(13-1)34-14-2-6-18-40(34)50(39)41-19-7-3-15-35(41)38-29-31(26-28-42(38)50)52-44-21-9-4-16-36(44)37-27-25-32(30-48(37)52)53-46-23-11-12-24-47(46)54-45-22-10-8-20-43(45)51-49(53)54/h1-30H. The van der Waals surface area contributed by atoms with Crippen molar-refractivity contribution in [3.63, 3.8) is 0 Å². The summed E-state index contributed by atoms with van der Waals surface area (Å²) in [7, 11) is 0. The largest absolute Gasteiger partial charge is 0.309 e. The first-order valence-electron chi connectivity index (χ1n) is 18.6. The minimum absolute atomic E-state index is 0.361. The average molecular weight is 687 g/mol. The Morgan fingerprint density at radius 1 is 0.352 bits per heavy atom. The zero-order chi connectivity index (χ0) is 35.1. The van der Waals surface area contributed by atoms with E-state index < -0.39 is 0 Å². The van der Waals surface area contributed by atoms with E-state index in [0.717, 1.165) is 39.2 Å². The second kappa shape index (κ2) is 10.0. The number of rotatable bonds is 2. The van der Waals surface area contributed by atoms with Crippen LogP contribution in [-0.2, 0) is 5.41 Å². The van der Waals surface area contributed by atoms with E-state index in [1.807, 2.05) is 0 Å². The fourth-order valence-corrected chi connectivity index (χ4v) is 10.2.